The molecule has 5 nitrogen and oxygen atoms in total. The summed E-state index contributed by atoms with van der Waals surface area (Å²) in [5.41, 5.74) is 0. The minimum atomic E-state index is -2.48. The Balaban J connectivity index is 2.23. The summed E-state index contributed by atoms with van der Waals surface area (Å²) in [5, 5.41) is 0. The molecular weight excluding hydrogens is 264 g/mol. The normalized spacial score (nSPS) is 18.8. The molecule has 0 radical (unpaired) electrons. The van der Waals surface area contributed by atoms with E-state index in [0.29, 0.717) is 32.5 Å². The molecule has 1 aliphatic heterocycles. The summed E-state index contributed by atoms with van der Waals surface area (Å²) in [7, 11) is -0.793. The predicted molar refractivity (Wildman–Crippen MR) is 75.2 cm³/mol. The second-order valence-electron chi connectivity index (χ2n) is 4.72. The third-order valence-electron chi connectivity index (χ3n) is 2.84. The van der Waals surface area contributed by atoms with Crippen molar-refractivity contribution in [1.29, 1.82) is 0 Å². The summed E-state index contributed by atoms with van der Waals surface area (Å²) < 4.78 is 28.0. The molecule has 0 aliphatic carbocycles. The Morgan fingerprint density at radius 1 is 1.11 bits per heavy atom. The Kier molecular flexibility index (Phi) is 8.85. The van der Waals surface area contributed by atoms with Gasteiger partial charge in [-0.25, -0.2) is 0 Å². The first kappa shape index (κ1) is 17.1. The van der Waals surface area contributed by atoms with Gasteiger partial charge in [0.15, 0.2) is 0 Å². The fraction of sp³-hybridized carbons (Fsp3) is 1.00. The summed E-state index contributed by atoms with van der Waals surface area (Å²) in [5.74, 6) is 0. The van der Waals surface area contributed by atoms with Crippen molar-refractivity contribution in [1.82, 2.24) is 0 Å². The first-order chi connectivity index (χ1) is 9.26. The predicted octanol–water partition coefficient (Wildman–Crippen LogP) is 2.23. The van der Waals surface area contributed by atoms with E-state index in [1.165, 1.54) is 0 Å². The quantitative estimate of drug-likeness (QED) is 0.296. The van der Waals surface area contributed by atoms with Crippen molar-refractivity contribution in [3.63, 3.8) is 0 Å². The standard InChI is InChI=1S/C13H28O5Si/c1-4-7-17-19(14-3,18-8-5-2)10-6-9-15-11-13-12-16-13/h13H,4-12H2,1-3H3. The zero-order chi connectivity index (χ0) is 14.0. The van der Waals surface area contributed by atoms with Crippen molar-refractivity contribution in [3.05, 3.63) is 0 Å². The molecule has 1 heterocycles. The van der Waals surface area contributed by atoms with Crippen LogP contribution in [-0.4, -0.2) is 55.1 Å². The Bertz CT molecular complexity index is 215. The molecule has 0 amide bonds. The van der Waals surface area contributed by atoms with Crippen LogP contribution in [0.4, 0.5) is 0 Å². The van der Waals surface area contributed by atoms with Crippen molar-refractivity contribution in [3.8, 4) is 0 Å². The molecule has 19 heavy (non-hydrogen) atoms. The summed E-state index contributed by atoms with van der Waals surface area (Å²) >= 11 is 0. The molecule has 0 aromatic carbocycles. The summed E-state index contributed by atoms with van der Waals surface area (Å²) in [4.78, 5) is 0. The van der Waals surface area contributed by atoms with E-state index >= 15 is 0 Å². The van der Waals surface area contributed by atoms with Gasteiger partial charge in [0.1, 0.15) is 6.10 Å². The molecule has 1 rings (SSSR count). The van der Waals surface area contributed by atoms with Crippen molar-refractivity contribution in [2.45, 2.75) is 45.3 Å². The van der Waals surface area contributed by atoms with Crippen molar-refractivity contribution in [2.24, 2.45) is 0 Å². The average Bonchev–Trinajstić information content (AvgIpc) is 3.25. The maximum absolute atomic E-state index is 5.88. The second kappa shape index (κ2) is 9.85. The van der Waals surface area contributed by atoms with E-state index in [1.807, 2.05) is 0 Å². The first-order valence-electron chi connectivity index (χ1n) is 7.28. The highest BCUT2D eigenvalue weighted by Crippen LogP contribution is 2.18. The van der Waals surface area contributed by atoms with Gasteiger partial charge in [-0.2, -0.15) is 0 Å². The molecule has 1 unspecified atom stereocenters. The highest BCUT2D eigenvalue weighted by Gasteiger charge is 2.39. The van der Waals surface area contributed by atoms with Crippen LogP contribution >= 0.6 is 0 Å². The third-order valence-corrected chi connectivity index (χ3v) is 5.72. The van der Waals surface area contributed by atoms with Crippen LogP contribution in [0.1, 0.15) is 33.1 Å². The molecule has 0 bridgehead atoms. The van der Waals surface area contributed by atoms with E-state index in [1.54, 1.807) is 7.11 Å². The fourth-order valence-corrected chi connectivity index (χ4v) is 4.11. The smallest absolute Gasteiger partial charge is 0.379 e. The van der Waals surface area contributed by atoms with Gasteiger partial charge in [-0.1, -0.05) is 13.8 Å². The van der Waals surface area contributed by atoms with Crippen molar-refractivity contribution >= 4 is 8.80 Å². The van der Waals surface area contributed by atoms with Crippen LogP contribution in [0.25, 0.3) is 0 Å². The fourth-order valence-electron chi connectivity index (χ4n) is 1.69. The van der Waals surface area contributed by atoms with Gasteiger partial charge in [0.2, 0.25) is 0 Å². The molecule has 114 valence electrons. The van der Waals surface area contributed by atoms with Crippen molar-refractivity contribution < 1.29 is 22.8 Å². The molecule has 1 atom stereocenters. The lowest BCUT2D eigenvalue weighted by atomic mass is 10.5. The number of rotatable bonds is 13. The van der Waals surface area contributed by atoms with Crippen LogP contribution < -0.4 is 0 Å². The van der Waals surface area contributed by atoms with Gasteiger partial charge in [0, 0.05) is 33.0 Å². The van der Waals surface area contributed by atoms with Gasteiger partial charge < -0.3 is 22.8 Å². The van der Waals surface area contributed by atoms with E-state index in [0.717, 1.165) is 31.9 Å². The van der Waals surface area contributed by atoms with Crippen LogP contribution in [0.15, 0.2) is 0 Å². The third kappa shape index (κ3) is 7.39. The molecule has 0 aromatic heterocycles. The van der Waals surface area contributed by atoms with Gasteiger partial charge in [0.05, 0.1) is 13.2 Å². The lowest BCUT2D eigenvalue weighted by molar-refractivity contribution is 0.0702. The molecule has 0 N–H and O–H groups in total. The zero-order valence-electron chi connectivity index (χ0n) is 12.5. The van der Waals surface area contributed by atoms with Crippen LogP contribution in [0, 0.1) is 0 Å². The molecular formula is C13H28O5Si. The molecule has 0 aromatic rings. The van der Waals surface area contributed by atoms with Crippen LogP contribution in [-0.2, 0) is 22.8 Å². The minimum Gasteiger partial charge on any atom is -0.379 e. The lowest BCUT2D eigenvalue weighted by Gasteiger charge is -2.28. The monoisotopic (exact) mass is 292 g/mol. The van der Waals surface area contributed by atoms with E-state index in [-0.39, 0.29) is 0 Å². The SMILES string of the molecule is CCCO[Si](CCCOCC1CO1)(OC)OCCC. The Morgan fingerprint density at radius 3 is 2.21 bits per heavy atom. The molecule has 0 saturated carbocycles. The zero-order valence-corrected chi connectivity index (χ0v) is 13.5. The minimum absolute atomic E-state index is 0.331. The van der Waals surface area contributed by atoms with Gasteiger partial charge in [-0.3, -0.25) is 0 Å². The maximum atomic E-state index is 5.88. The summed E-state index contributed by atoms with van der Waals surface area (Å²) in [6.45, 7) is 7.83. The Labute approximate surface area is 117 Å². The van der Waals surface area contributed by atoms with Gasteiger partial charge in [0.25, 0.3) is 0 Å². The molecule has 0 spiro atoms. The van der Waals surface area contributed by atoms with E-state index < -0.39 is 8.80 Å². The van der Waals surface area contributed by atoms with Gasteiger partial charge >= 0.3 is 8.80 Å². The van der Waals surface area contributed by atoms with Gasteiger partial charge in [-0.05, 0) is 19.3 Å². The highest BCUT2D eigenvalue weighted by molar-refractivity contribution is 6.60. The van der Waals surface area contributed by atoms with E-state index in [4.69, 9.17) is 22.8 Å². The summed E-state index contributed by atoms with van der Waals surface area (Å²) in [6, 6.07) is 0.815. The maximum Gasteiger partial charge on any atom is 0.500 e. The first-order valence-corrected chi connectivity index (χ1v) is 9.22. The van der Waals surface area contributed by atoms with Gasteiger partial charge in [-0.15, -0.1) is 0 Å². The largest absolute Gasteiger partial charge is 0.500 e. The molecule has 1 aliphatic rings. The Morgan fingerprint density at radius 2 is 1.74 bits per heavy atom. The lowest BCUT2D eigenvalue weighted by Crippen LogP contribution is -2.45. The molecule has 1 fully saturated rings. The average molecular weight is 292 g/mol. The highest BCUT2D eigenvalue weighted by atomic mass is 28.4. The van der Waals surface area contributed by atoms with Crippen LogP contribution in [0.2, 0.25) is 6.04 Å². The summed E-state index contributed by atoms with van der Waals surface area (Å²) in [6.07, 6.45) is 3.18. The molecule has 6 heteroatoms. The topological polar surface area (TPSA) is 49.5 Å². The van der Waals surface area contributed by atoms with Crippen LogP contribution in [0.5, 0.6) is 0 Å². The van der Waals surface area contributed by atoms with Crippen LogP contribution in [0.3, 0.4) is 0 Å². The number of hydrogen-bond acceptors (Lipinski definition) is 5. The van der Waals surface area contributed by atoms with E-state index in [2.05, 4.69) is 13.8 Å². The second-order valence-corrected chi connectivity index (χ2v) is 7.57. The molecule has 1 saturated heterocycles. The van der Waals surface area contributed by atoms with Crippen molar-refractivity contribution in [2.75, 3.05) is 40.1 Å². The number of ether oxygens (including phenoxy) is 2. The number of hydrogen-bond donors (Lipinski definition) is 0. The van der Waals surface area contributed by atoms with E-state index in [9.17, 15) is 0 Å². The number of epoxide rings is 1. The Hall–Kier alpha value is 0.0169.